The van der Waals surface area contributed by atoms with Gasteiger partial charge in [-0.2, -0.15) is 0 Å². The molecule has 0 unspecified atom stereocenters. The molecule has 0 saturated heterocycles. The largest absolute Gasteiger partial charge is 0.398 e. The second kappa shape index (κ2) is 7.14. The van der Waals surface area contributed by atoms with E-state index in [2.05, 4.69) is 57.3 Å². The number of nitrogens with two attached hydrogens (primary N) is 1. The molecule has 0 radical (unpaired) electrons. The summed E-state index contributed by atoms with van der Waals surface area (Å²) in [5.74, 6) is 0. The molecule has 3 heteroatoms. The lowest BCUT2D eigenvalue weighted by Crippen LogP contribution is -1.95. The molecular weight excluding hydrogens is 384 g/mol. The molecule has 0 atom stereocenters. The van der Waals surface area contributed by atoms with E-state index in [1.807, 2.05) is 54.7 Å². The Morgan fingerprint density at radius 1 is 0.654 bits per heavy atom. The van der Waals surface area contributed by atoms with Crippen molar-refractivity contribution in [3.63, 3.8) is 0 Å². The lowest BCUT2D eigenvalue weighted by molar-refractivity contribution is 1.33. The van der Waals surface area contributed by atoms with Crippen LogP contribution in [-0.2, 0) is 0 Å². The fourth-order valence-electron chi connectivity index (χ4n) is 3.11. The van der Waals surface area contributed by atoms with Crippen molar-refractivity contribution in [2.75, 3.05) is 5.73 Å². The Balaban J connectivity index is 1.83. The van der Waals surface area contributed by atoms with Crippen molar-refractivity contribution in [3.8, 4) is 33.5 Å². The van der Waals surface area contributed by atoms with Gasteiger partial charge in [0.2, 0.25) is 0 Å². The SMILES string of the molecule is Nc1c(-c2cccc(-c3ccccn3)c2)cccc1-c1ccccc1Br. The summed E-state index contributed by atoms with van der Waals surface area (Å²) >= 11 is 3.63. The Bertz CT molecular complexity index is 1060. The number of hydrogen-bond acceptors (Lipinski definition) is 2. The van der Waals surface area contributed by atoms with E-state index in [0.717, 1.165) is 43.7 Å². The minimum Gasteiger partial charge on any atom is -0.398 e. The highest BCUT2D eigenvalue weighted by molar-refractivity contribution is 9.10. The van der Waals surface area contributed by atoms with E-state index < -0.39 is 0 Å². The molecule has 1 aromatic heterocycles. The van der Waals surface area contributed by atoms with Gasteiger partial charge in [-0.05, 0) is 35.4 Å². The van der Waals surface area contributed by atoms with Crippen molar-refractivity contribution < 1.29 is 0 Å². The first-order valence-electron chi connectivity index (χ1n) is 8.39. The zero-order valence-corrected chi connectivity index (χ0v) is 15.6. The van der Waals surface area contributed by atoms with Gasteiger partial charge in [0.25, 0.3) is 0 Å². The van der Waals surface area contributed by atoms with Crippen LogP contribution >= 0.6 is 15.9 Å². The standard InChI is InChI=1S/C23H17BrN2/c24-21-12-2-1-9-19(21)20-11-6-10-18(23(20)25)16-7-5-8-17(15-16)22-13-3-4-14-26-22/h1-15H,25H2. The first kappa shape index (κ1) is 16.6. The quantitative estimate of drug-likeness (QED) is 0.402. The molecule has 4 aromatic rings. The Kier molecular flexibility index (Phi) is 4.55. The van der Waals surface area contributed by atoms with E-state index in [-0.39, 0.29) is 0 Å². The van der Waals surface area contributed by atoms with Crippen LogP contribution in [0.1, 0.15) is 0 Å². The summed E-state index contributed by atoms with van der Waals surface area (Å²) < 4.78 is 1.03. The van der Waals surface area contributed by atoms with E-state index in [1.165, 1.54) is 0 Å². The highest BCUT2D eigenvalue weighted by Crippen LogP contribution is 2.38. The predicted molar refractivity (Wildman–Crippen MR) is 113 cm³/mol. The molecule has 0 bridgehead atoms. The van der Waals surface area contributed by atoms with Crippen LogP contribution in [0.2, 0.25) is 0 Å². The number of aromatic nitrogens is 1. The molecule has 0 amide bonds. The molecule has 126 valence electrons. The number of pyridine rings is 1. The zero-order valence-electron chi connectivity index (χ0n) is 14.1. The van der Waals surface area contributed by atoms with Crippen LogP contribution in [0.3, 0.4) is 0 Å². The van der Waals surface area contributed by atoms with Gasteiger partial charge in [0, 0.05) is 33.0 Å². The van der Waals surface area contributed by atoms with E-state index in [0.29, 0.717) is 0 Å². The average molecular weight is 401 g/mol. The Morgan fingerprint density at radius 3 is 2.15 bits per heavy atom. The summed E-state index contributed by atoms with van der Waals surface area (Å²) in [6.45, 7) is 0. The fourth-order valence-corrected chi connectivity index (χ4v) is 3.61. The van der Waals surface area contributed by atoms with Gasteiger partial charge in [-0.15, -0.1) is 0 Å². The summed E-state index contributed by atoms with van der Waals surface area (Å²) in [5, 5.41) is 0. The maximum atomic E-state index is 6.57. The number of hydrogen-bond donors (Lipinski definition) is 1. The van der Waals surface area contributed by atoms with Crippen LogP contribution in [0.4, 0.5) is 5.69 Å². The molecule has 26 heavy (non-hydrogen) atoms. The summed E-state index contributed by atoms with van der Waals surface area (Å²) in [5.41, 5.74) is 13.6. The topological polar surface area (TPSA) is 38.9 Å². The minimum atomic E-state index is 0.776. The lowest BCUT2D eigenvalue weighted by atomic mass is 9.95. The third-order valence-electron chi connectivity index (χ3n) is 4.40. The molecule has 0 aliphatic carbocycles. The van der Waals surface area contributed by atoms with Crippen molar-refractivity contribution in [1.29, 1.82) is 0 Å². The molecule has 3 aromatic carbocycles. The first-order valence-corrected chi connectivity index (χ1v) is 9.18. The van der Waals surface area contributed by atoms with E-state index in [1.54, 1.807) is 0 Å². The average Bonchev–Trinajstić information content (AvgIpc) is 2.70. The summed E-state index contributed by atoms with van der Waals surface area (Å²) in [7, 11) is 0. The monoisotopic (exact) mass is 400 g/mol. The number of para-hydroxylation sites is 1. The molecule has 2 N–H and O–H groups in total. The second-order valence-electron chi connectivity index (χ2n) is 6.04. The summed E-state index contributed by atoms with van der Waals surface area (Å²) in [6, 6.07) is 28.6. The number of nitrogen functional groups attached to an aromatic ring is 1. The second-order valence-corrected chi connectivity index (χ2v) is 6.90. The van der Waals surface area contributed by atoms with Crippen LogP contribution in [-0.4, -0.2) is 4.98 Å². The van der Waals surface area contributed by atoms with Crippen LogP contribution in [0, 0.1) is 0 Å². The molecular formula is C23H17BrN2. The Hall–Kier alpha value is -2.91. The minimum absolute atomic E-state index is 0.776. The number of anilines is 1. The third kappa shape index (κ3) is 3.14. The fraction of sp³-hybridized carbons (Fsp3) is 0. The van der Waals surface area contributed by atoms with Gasteiger partial charge < -0.3 is 5.73 Å². The predicted octanol–water partition coefficient (Wildman–Crippen LogP) is 6.43. The molecule has 1 heterocycles. The van der Waals surface area contributed by atoms with Crippen molar-refractivity contribution in [3.05, 3.63) is 95.6 Å². The third-order valence-corrected chi connectivity index (χ3v) is 5.10. The summed E-state index contributed by atoms with van der Waals surface area (Å²) in [4.78, 5) is 4.45. The Labute approximate surface area is 161 Å². The first-order chi connectivity index (χ1) is 12.7. The molecule has 2 nitrogen and oxygen atoms in total. The lowest BCUT2D eigenvalue weighted by Gasteiger charge is -2.13. The molecule has 0 spiro atoms. The van der Waals surface area contributed by atoms with Crippen molar-refractivity contribution in [1.82, 2.24) is 4.98 Å². The van der Waals surface area contributed by atoms with Crippen LogP contribution < -0.4 is 5.73 Å². The van der Waals surface area contributed by atoms with E-state index >= 15 is 0 Å². The molecule has 0 saturated carbocycles. The van der Waals surface area contributed by atoms with E-state index in [4.69, 9.17) is 5.73 Å². The molecule has 4 rings (SSSR count). The highest BCUT2D eigenvalue weighted by atomic mass is 79.9. The van der Waals surface area contributed by atoms with Crippen LogP contribution in [0.5, 0.6) is 0 Å². The maximum Gasteiger partial charge on any atom is 0.0702 e. The highest BCUT2D eigenvalue weighted by Gasteiger charge is 2.11. The van der Waals surface area contributed by atoms with Gasteiger partial charge in [-0.3, -0.25) is 4.98 Å². The van der Waals surface area contributed by atoms with Crippen molar-refractivity contribution in [2.45, 2.75) is 0 Å². The molecule has 0 aliphatic heterocycles. The van der Waals surface area contributed by atoms with Crippen molar-refractivity contribution >= 4 is 21.6 Å². The smallest absolute Gasteiger partial charge is 0.0702 e. The summed E-state index contributed by atoms with van der Waals surface area (Å²) in [6.07, 6.45) is 1.81. The van der Waals surface area contributed by atoms with Crippen LogP contribution in [0.25, 0.3) is 33.5 Å². The molecule has 0 fully saturated rings. The molecule has 0 aliphatic rings. The van der Waals surface area contributed by atoms with Crippen LogP contribution in [0.15, 0.2) is 95.6 Å². The number of halogens is 1. The number of benzene rings is 3. The Morgan fingerprint density at radius 2 is 1.35 bits per heavy atom. The van der Waals surface area contributed by atoms with Gasteiger partial charge in [-0.25, -0.2) is 0 Å². The normalized spacial score (nSPS) is 10.7. The zero-order chi connectivity index (χ0) is 17.9. The van der Waals surface area contributed by atoms with Gasteiger partial charge in [0.1, 0.15) is 0 Å². The van der Waals surface area contributed by atoms with Crippen molar-refractivity contribution in [2.24, 2.45) is 0 Å². The van der Waals surface area contributed by atoms with Gasteiger partial charge in [-0.1, -0.05) is 76.6 Å². The van der Waals surface area contributed by atoms with Gasteiger partial charge >= 0.3 is 0 Å². The number of nitrogens with zero attached hydrogens (tertiary/aromatic N) is 1. The van der Waals surface area contributed by atoms with Gasteiger partial charge in [0.05, 0.1) is 5.69 Å². The van der Waals surface area contributed by atoms with E-state index in [9.17, 15) is 0 Å². The number of rotatable bonds is 3. The van der Waals surface area contributed by atoms with Gasteiger partial charge in [0.15, 0.2) is 0 Å². The maximum absolute atomic E-state index is 6.57.